The second kappa shape index (κ2) is 8.43. The van der Waals surface area contributed by atoms with Gasteiger partial charge in [-0.25, -0.2) is 0 Å². The lowest BCUT2D eigenvalue weighted by atomic mass is 9.83. The summed E-state index contributed by atoms with van der Waals surface area (Å²) in [7, 11) is 2.26. The summed E-state index contributed by atoms with van der Waals surface area (Å²) in [5.41, 5.74) is 0.986. The first-order valence-corrected chi connectivity index (χ1v) is 8.37. The number of hydrogen-bond acceptors (Lipinski definition) is 2. The van der Waals surface area contributed by atoms with Gasteiger partial charge in [0.15, 0.2) is 0 Å². The maximum Gasteiger partial charge on any atom is 0.120 e. The van der Waals surface area contributed by atoms with Gasteiger partial charge in [0.1, 0.15) is 18.7 Å². The van der Waals surface area contributed by atoms with E-state index in [0.29, 0.717) is 6.42 Å². The molecule has 0 unspecified atom stereocenters. The summed E-state index contributed by atoms with van der Waals surface area (Å²) in [5.74, 6) is 0. The van der Waals surface area contributed by atoms with Gasteiger partial charge in [-0.05, 0) is 11.1 Å². The zero-order chi connectivity index (χ0) is 16.2. The summed E-state index contributed by atoms with van der Waals surface area (Å²) in [5, 5.41) is 11.6. The van der Waals surface area contributed by atoms with Gasteiger partial charge in [0, 0.05) is 6.42 Å². The zero-order valence-corrected chi connectivity index (χ0v) is 16.4. The molecule has 0 saturated carbocycles. The number of rotatable bonds is 5. The highest BCUT2D eigenvalue weighted by molar-refractivity contribution is 5.35. The third kappa shape index (κ3) is 4.36. The summed E-state index contributed by atoms with van der Waals surface area (Å²) < 4.78 is 6.45. The fourth-order valence-electron chi connectivity index (χ4n) is 3.32. The van der Waals surface area contributed by atoms with Gasteiger partial charge in [0.25, 0.3) is 0 Å². The van der Waals surface area contributed by atoms with E-state index < -0.39 is 5.60 Å². The minimum Gasteiger partial charge on any atom is -1.00 e. The lowest BCUT2D eigenvalue weighted by molar-refractivity contribution is -0.917. The van der Waals surface area contributed by atoms with Gasteiger partial charge in [0.2, 0.25) is 0 Å². The SMILES string of the molecule is C[N+]1(CCC(O)(c2ccccc2)c2ccccc2)CCOCC1.[I-]. The third-order valence-corrected chi connectivity index (χ3v) is 5.07. The normalized spacial score (nSPS) is 17.1. The number of ether oxygens (including phenoxy) is 1. The minimum atomic E-state index is -0.942. The molecule has 0 atom stereocenters. The molecule has 24 heavy (non-hydrogen) atoms. The smallest absolute Gasteiger partial charge is 0.120 e. The van der Waals surface area contributed by atoms with Crippen molar-refractivity contribution in [1.29, 1.82) is 0 Å². The maximum atomic E-state index is 11.6. The number of likely N-dealkylation sites (N-methyl/N-ethyl adjacent to an activating group) is 1. The van der Waals surface area contributed by atoms with E-state index in [1.165, 1.54) is 0 Å². The monoisotopic (exact) mass is 439 g/mol. The van der Waals surface area contributed by atoms with Crippen LogP contribution in [0.25, 0.3) is 0 Å². The topological polar surface area (TPSA) is 29.5 Å². The number of benzene rings is 2. The van der Waals surface area contributed by atoms with Gasteiger partial charge in [0.05, 0.1) is 26.8 Å². The Morgan fingerprint density at radius 2 is 1.38 bits per heavy atom. The van der Waals surface area contributed by atoms with E-state index >= 15 is 0 Å². The van der Waals surface area contributed by atoms with Crippen LogP contribution in [0, 0.1) is 0 Å². The van der Waals surface area contributed by atoms with Crippen LogP contribution in [0.15, 0.2) is 60.7 Å². The summed E-state index contributed by atoms with van der Waals surface area (Å²) in [6, 6.07) is 20.0. The highest BCUT2D eigenvalue weighted by atomic mass is 127. The van der Waals surface area contributed by atoms with Gasteiger partial charge in [-0.3, -0.25) is 0 Å². The van der Waals surface area contributed by atoms with Crippen LogP contribution in [0.4, 0.5) is 0 Å². The molecule has 0 radical (unpaired) electrons. The zero-order valence-electron chi connectivity index (χ0n) is 14.2. The van der Waals surface area contributed by atoms with Gasteiger partial charge >= 0.3 is 0 Å². The maximum absolute atomic E-state index is 11.6. The van der Waals surface area contributed by atoms with E-state index in [1.807, 2.05) is 60.7 Å². The fourth-order valence-corrected chi connectivity index (χ4v) is 3.32. The second-order valence-electron chi connectivity index (χ2n) is 6.75. The Kier molecular flexibility index (Phi) is 6.80. The molecule has 3 rings (SSSR count). The van der Waals surface area contributed by atoms with Crippen molar-refractivity contribution in [3.8, 4) is 0 Å². The first-order valence-electron chi connectivity index (χ1n) is 8.37. The van der Waals surface area contributed by atoms with Crippen LogP contribution in [0.2, 0.25) is 0 Å². The Morgan fingerprint density at radius 1 is 0.917 bits per heavy atom. The third-order valence-electron chi connectivity index (χ3n) is 5.07. The fraction of sp³-hybridized carbons (Fsp3) is 0.400. The summed E-state index contributed by atoms with van der Waals surface area (Å²) in [6.07, 6.45) is 0.706. The first kappa shape index (κ1) is 19.4. The molecular weight excluding hydrogens is 413 g/mol. The van der Waals surface area contributed by atoms with E-state index in [2.05, 4.69) is 7.05 Å². The van der Waals surface area contributed by atoms with Crippen molar-refractivity contribution in [3.63, 3.8) is 0 Å². The van der Waals surface area contributed by atoms with Crippen molar-refractivity contribution >= 4 is 0 Å². The van der Waals surface area contributed by atoms with E-state index in [1.54, 1.807) is 0 Å². The number of morpholine rings is 1. The van der Waals surface area contributed by atoms with E-state index in [9.17, 15) is 5.11 Å². The predicted molar refractivity (Wildman–Crippen MR) is 92.1 cm³/mol. The number of quaternary nitrogens is 1. The van der Waals surface area contributed by atoms with Crippen molar-refractivity contribution in [2.75, 3.05) is 39.9 Å². The molecule has 2 aromatic carbocycles. The molecule has 2 aromatic rings. The van der Waals surface area contributed by atoms with E-state index in [4.69, 9.17) is 4.74 Å². The second-order valence-corrected chi connectivity index (χ2v) is 6.75. The van der Waals surface area contributed by atoms with Crippen LogP contribution in [0.5, 0.6) is 0 Å². The van der Waals surface area contributed by atoms with Crippen LogP contribution in [-0.4, -0.2) is 49.5 Å². The Balaban J connectivity index is 0.00000208. The molecule has 0 amide bonds. The average molecular weight is 439 g/mol. The Labute approximate surface area is 161 Å². The molecule has 1 N–H and O–H groups in total. The Morgan fingerprint density at radius 3 is 1.83 bits per heavy atom. The molecule has 4 heteroatoms. The molecule has 0 aromatic heterocycles. The number of hydrogen-bond donors (Lipinski definition) is 1. The number of halogens is 1. The molecular formula is C20H26INO2. The lowest BCUT2D eigenvalue weighted by Gasteiger charge is -2.40. The molecule has 1 aliphatic heterocycles. The van der Waals surface area contributed by atoms with Crippen LogP contribution < -0.4 is 24.0 Å². The summed E-state index contributed by atoms with van der Waals surface area (Å²) in [4.78, 5) is 0. The van der Waals surface area contributed by atoms with Crippen molar-refractivity contribution in [2.45, 2.75) is 12.0 Å². The van der Waals surface area contributed by atoms with Gasteiger partial charge in [-0.1, -0.05) is 60.7 Å². The molecule has 0 aliphatic carbocycles. The summed E-state index contributed by atoms with van der Waals surface area (Å²) >= 11 is 0. The molecule has 1 fully saturated rings. The standard InChI is InChI=1S/C20H26NO2.HI/c1-21(14-16-23-17-15-21)13-12-20(22,18-8-4-2-5-9-18)19-10-6-3-7-11-19;/h2-11,22H,12-17H2,1H3;1H/q+1;/p-1. The molecule has 1 aliphatic rings. The van der Waals surface area contributed by atoms with Gasteiger partial charge in [-0.2, -0.15) is 0 Å². The largest absolute Gasteiger partial charge is 1.00 e. The molecule has 0 spiro atoms. The Bertz CT molecular complexity index is 573. The first-order chi connectivity index (χ1) is 11.1. The van der Waals surface area contributed by atoms with Crippen LogP contribution in [0.1, 0.15) is 17.5 Å². The molecule has 3 nitrogen and oxygen atoms in total. The molecule has 1 saturated heterocycles. The van der Waals surface area contributed by atoms with Gasteiger partial charge in [-0.15, -0.1) is 0 Å². The lowest BCUT2D eigenvalue weighted by Crippen LogP contribution is -3.00. The molecule has 1 heterocycles. The minimum absolute atomic E-state index is 0. The summed E-state index contributed by atoms with van der Waals surface area (Å²) in [6.45, 7) is 4.58. The van der Waals surface area contributed by atoms with Crippen LogP contribution in [-0.2, 0) is 10.3 Å². The number of nitrogens with zero attached hydrogens (tertiary/aromatic N) is 1. The number of aliphatic hydroxyl groups is 1. The molecule has 130 valence electrons. The van der Waals surface area contributed by atoms with Crippen LogP contribution >= 0.6 is 0 Å². The van der Waals surface area contributed by atoms with Gasteiger partial charge < -0.3 is 38.3 Å². The van der Waals surface area contributed by atoms with Crippen molar-refractivity contribution < 1.29 is 38.3 Å². The average Bonchev–Trinajstić information content (AvgIpc) is 2.62. The predicted octanol–water partition coefficient (Wildman–Crippen LogP) is -0.207. The van der Waals surface area contributed by atoms with Crippen molar-refractivity contribution in [3.05, 3.63) is 71.8 Å². The highest BCUT2D eigenvalue weighted by Gasteiger charge is 2.35. The van der Waals surface area contributed by atoms with Crippen molar-refractivity contribution in [1.82, 2.24) is 0 Å². The molecule has 0 bridgehead atoms. The van der Waals surface area contributed by atoms with Crippen LogP contribution in [0.3, 0.4) is 0 Å². The van der Waals surface area contributed by atoms with E-state index in [-0.39, 0.29) is 24.0 Å². The highest BCUT2D eigenvalue weighted by Crippen LogP contribution is 2.33. The quantitative estimate of drug-likeness (QED) is 0.517. The van der Waals surface area contributed by atoms with Crippen molar-refractivity contribution in [2.24, 2.45) is 0 Å². The van der Waals surface area contributed by atoms with E-state index in [0.717, 1.165) is 48.5 Å². The Hall–Kier alpha value is -0.950.